The van der Waals surface area contributed by atoms with E-state index in [1.165, 1.54) is 11.8 Å². The lowest BCUT2D eigenvalue weighted by atomic mass is 10.2. The van der Waals surface area contributed by atoms with Gasteiger partial charge in [0.2, 0.25) is 5.91 Å². The predicted octanol–water partition coefficient (Wildman–Crippen LogP) is 2.65. The van der Waals surface area contributed by atoms with E-state index in [1.54, 1.807) is 43.3 Å². The van der Waals surface area contributed by atoms with E-state index in [-0.39, 0.29) is 23.8 Å². The zero-order valence-corrected chi connectivity index (χ0v) is 14.5. The highest BCUT2D eigenvalue weighted by atomic mass is 32.2. The molecule has 2 amide bonds. The number of aromatic amines is 1. The average molecular weight is 358 g/mol. The first-order valence-corrected chi connectivity index (χ1v) is 8.58. The van der Waals surface area contributed by atoms with Crippen molar-refractivity contribution in [1.29, 1.82) is 0 Å². The summed E-state index contributed by atoms with van der Waals surface area (Å²) in [6.45, 7) is 5.28. The number of benzene rings is 1. The van der Waals surface area contributed by atoms with Crippen LogP contribution in [0.15, 0.2) is 52.9 Å². The van der Waals surface area contributed by atoms with Crippen LogP contribution >= 0.6 is 11.8 Å². The summed E-state index contributed by atoms with van der Waals surface area (Å²) in [5.41, 5.74) is -0.254. The maximum atomic E-state index is 12.4. The molecule has 0 radical (unpaired) electrons. The molecule has 1 heterocycles. The van der Waals surface area contributed by atoms with Gasteiger partial charge in [-0.15, -0.1) is 6.58 Å². The van der Waals surface area contributed by atoms with Crippen LogP contribution in [0.2, 0.25) is 0 Å². The van der Waals surface area contributed by atoms with Crippen LogP contribution in [0, 0.1) is 0 Å². The Balaban J connectivity index is 2.37. The summed E-state index contributed by atoms with van der Waals surface area (Å²) >= 11 is 1.26. The van der Waals surface area contributed by atoms with Gasteiger partial charge in [-0.2, -0.15) is 0 Å². The number of thioether (sulfide) groups is 1. The first kappa shape index (κ1) is 18.5. The Morgan fingerprint density at radius 2 is 2.00 bits per heavy atom. The minimum atomic E-state index is -0.544. The van der Waals surface area contributed by atoms with Gasteiger partial charge < -0.3 is 10.6 Å². The number of nitrogens with one attached hydrogen (secondary N) is 3. The van der Waals surface area contributed by atoms with E-state index in [1.807, 2.05) is 0 Å². The highest BCUT2D eigenvalue weighted by molar-refractivity contribution is 7.99. The van der Waals surface area contributed by atoms with Gasteiger partial charge in [-0.1, -0.05) is 43.0 Å². The number of carbonyl (C=O) groups is 2. The zero-order valence-electron chi connectivity index (χ0n) is 13.7. The topological polar surface area (TPSA) is 104 Å². The molecule has 7 nitrogen and oxygen atoms in total. The number of anilines is 2. The van der Waals surface area contributed by atoms with Crippen LogP contribution in [0.5, 0.6) is 0 Å². The van der Waals surface area contributed by atoms with Crippen LogP contribution < -0.4 is 16.2 Å². The van der Waals surface area contributed by atoms with Crippen molar-refractivity contribution in [3.63, 3.8) is 0 Å². The molecular formula is C17H18N4O3S. The second kappa shape index (κ2) is 8.84. The largest absolute Gasteiger partial charge is 0.314 e. The maximum absolute atomic E-state index is 12.4. The molecule has 3 N–H and O–H groups in total. The molecule has 0 aliphatic carbocycles. The third-order valence-electron chi connectivity index (χ3n) is 3.09. The van der Waals surface area contributed by atoms with Crippen LogP contribution in [0.4, 0.5) is 11.5 Å². The van der Waals surface area contributed by atoms with Gasteiger partial charge in [0.1, 0.15) is 0 Å². The van der Waals surface area contributed by atoms with Gasteiger partial charge in [0.25, 0.3) is 11.5 Å². The number of H-pyrrole nitrogens is 1. The van der Waals surface area contributed by atoms with Gasteiger partial charge in [-0.25, -0.2) is 4.98 Å². The molecule has 0 bridgehead atoms. The van der Waals surface area contributed by atoms with Gasteiger partial charge in [0.15, 0.2) is 16.7 Å². The predicted molar refractivity (Wildman–Crippen MR) is 99.1 cm³/mol. The van der Waals surface area contributed by atoms with Crippen LogP contribution in [0.3, 0.4) is 0 Å². The van der Waals surface area contributed by atoms with E-state index in [4.69, 9.17) is 0 Å². The molecule has 1 aromatic carbocycles. The molecular weight excluding hydrogens is 340 g/mol. The van der Waals surface area contributed by atoms with Crippen molar-refractivity contribution in [3.05, 3.63) is 58.9 Å². The smallest absolute Gasteiger partial charge is 0.277 e. The fourth-order valence-electron chi connectivity index (χ4n) is 1.86. The highest BCUT2D eigenvalue weighted by Gasteiger charge is 2.17. The van der Waals surface area contributed by atoms with Crippen LogP contribution in [0.25, 0.3) is 0 Å². The molecule has 0 saturated carbocycles. The Labute approximate surface area is 149 Å². The minimum Gasteiger partial charge on any atom is -0.314 e. The first-order valence-electron chi connectivity index (χ1n) is 7.59. The number of amides is 2. The lowest BCUT2D eigenvalue weighted by molar-refractivity contribution is -0.115. The summed E-state index contributed by atoms with van der Waals surface area (Å²) in [5.74, 6) is -0.217. The zero-order chi connectivity index (χ0) is 18.2. The fourth-order valence-corrected chi connectivity index (χ4v) is 2.46. The molecule has 2 aromatic rings. The summed E-state index contributed by atoms with van der Waals surface area (Å²) in [7, 11) is 0. The van der Waals surface area contributed by atoms with Gasteiger partial charge in [0, 0.05) is 17.7 Å². The van der Waals surface area contributed by atoms with Crippen molar-refractivity contribution in [2.75, 3.05) is 16.4 Å². The van der Waals surface area contributed by atoms with Crippen molar-refractivity contribution in [2.24, 2.45) is 0 Å². The second-order valence-corrected chi connectivity index (χ2v) is 5.92. The van der Waals surface area contributed by atoms with Crippen LogP contribution in [-0.2, 0) is 4.79 Å². The van der Waals surface area contributed by atoms with Gasteiger partial charge in [-0.3, -0.25) is 19.4 Å². The summed E-state index contributed by atoms with van der Waals surface area (Å²) < 4.78 is 0. The fraction of sp³-hybridized carbons (Fsp3) is 0.176. The van der Waals surface area contributed by atoms with E-state index in [0.717, 1.165) is 0 Å². The van der Waals surface area contributed by atoms with E-state index >= 15 is 0 Å². The lowest BCUT2D eigenvalue weighted by Gasteiger charge is -2.11. The number of hydrogen-bond donors (Lipinski definition) is 3. The lowest BCUT2D eigenvalue weighted by Crippen LogP contribution is -2.25. The van der Waals surface area contributed by atoms with Crippen LogP contribution in [0.1, 0.15) is 23.7 Å². The molecule has 0 aliphatic heterocycles. The summed E-state index contributed by atoms with van der Waals surface area (Å²) in [5, 5.41) is 5.40. The SMILES string of the molecule is C=CCSc1nc(NC(=O)CC)c(NC(=O)c2ccccc2)c(=O)[nH]1. The molecule has 1 aromatic heterocycles. The number of hydrogen-bond acceptors (Lipinski definition) is 5. The number of carbonyl (C=O) groups excluding carboxylic acids is 2. The number of aromatic nitrogens is 2. The maximum Gasteiger partial charge on any atom is 0.277 e. The second-order valence-electron chi connectivity index (χ2n) is 4.92. The Bertz CT molecular complexity index is 834. The van der Waals surface area contributed by atoms with Crippen molar-refractivity contribution in [2.45, 2.75) is 18.5 Å². The van der Waals surface area contributed by atoms with Crippen LogP contribution in [-0.4, -0.2) is 27.5 Å². The molecule has 0 saturated heterocycles. The molecule has 8 heteroatoms. The highest BCUT2D eigenvalue weighted by Crippen LogP contribution is 2.20. The average Bonchev–Trinajstić information content (AvgIpc) is 2.63. The molecule has 0 spiro atoms. The quantitative estimate of drug-likeness (QED) is 0.401. The molecule has 25 heavy (non-hydrogen) atoms. The Morgan fingerprint density at radius 1 is 1.28 bits per heavy atom. The monoisotopic (exact) mass is 358 g/mol. The van der Waals surface area contributed by atoms with Crippen molar-refractivity contribution < 1.29 is 9.59 Å². The molecule has 0 atom stereocenters. The first-order chi connectivity index (χ1) is 12.0. The number of rotatable bonds is 7. The molecule has 0 aliphatic rings. The van der Waals surface area contributed by atoms with E-state index in [2.05, 4.69) is 27.2 Å². The standard InChI is InChI=1S/C17H18N4O3S/c1-3-10-25-17-20-14(18-12(22)4-2)13(16(24)21-17)19-15(23)11-8-6-5-7-9-11/h3,5-9H,1,4,10H2,2H3,(H,19,23)(H2,18,20,21,22,24). The Kier molecular flexibility index (Phi) is 6.53. The number of nitrogens with zero attached hydrogens (tertiary/aromatic N) is 1. The van der Waals surface area contributed by atoms with Crippen molar-refractivity contribution >= 4 is 35.1 Å². The summed E-state index contributed by atoms with van der Waals surface area (Å²) in [4.78, 5) is 43.2. The van der Waals surface area contributed by atoms with Gasteiger partial charge in [-0.05, 0) is 12.1 Å². The van der Waals surface area contributed by atoms with E-state index in [9.17, 15) is 14.4 Å². The molecule has 2 rings (SSSR count). The van der Waals surface area contributed by atoms with Gasteiger partial charge >= 0.3 is 0 Å². The van der Waals surface area contributed by atoms with E-state index in [0.29, 0.717) is 16.5 Å². The third kappa shape index (κ3) is 5.05. The van der Waals surface area contributed by atoms with Crippen molar-refractivity contribution in [1.82, 2.24) is 9.97 Å². The summed E-state index contributed by atoms with van der Waals surface area (Å²) in [6.07, 6.45) is 1.88. The molecule has 130 valence electrons. The minimum absolute atomic E-state index is 0.0199. The Morgan fingerprint density at radius 3 is 2.64 bits per heavy atom. The molecule has 0 unspecified atom stereocenters. The summed E-state index contributed by atoms with van der Waals surface area (Å²) in [6, 6.07) is 8.45. The van der Waals surface area contributed by atoms with E-state index < -0.39 is 11.5 Å². The molecule has 0 fully saturated rings. The van der Waals surface area contributed by atoms with Crippen molar-refractivity contribution in [3.8, 4) is 0 Å². The Hall–Kier alpha value is -2.87. The third-order valence-corrected chi connectivity index (χ3v) is 3.96. The normalized spacial score (nSPS) is 10.1. The van der Waals surface area contributed by atoms with Gasteiger partial charge in [0.05, 0.1) is 0 Å².